The molecule has 2 aromatic rings. The quantitative estimate of drug-likeness (QED) is 0.679. The van der Waals surface area contributed by atoms with Crippen LogP contribution < -0.4 is 10.1 Å². The van der Waals surface area contributed by atoms with Crippen LogP contribution in [0.1, 0.15) is 12.0 Å². The summed E-state index contributed by atoms with van der Waals surface area (Å²) in [5, 5.41) is 21.7. The summed E-state index contributed by atoms with van der Waals surface area (Å²) < 4.78 is 7.49. The first kappa shape index (κ1) is 16.0. The Bertz CT molecular complexity index is 575. The second kappa shape index (κ2) is 8.82. The number of nitrogens with zero attached hydrogens (tertiary/aromatic N) is 3. The lowest BCUT2D eigenvalue weighted by atomic mass is 10.2. The molecule has 0 aliphatic carbocycles. The van der Waals surface area contributed by atoms with Gasteiger partial charge in [-0.05, 0) is 37.2 Å². The maximum absolute atomic E-state index is 9.84. The Kier molecular flexibility index (Phi) is 6.42. The maximum Gasteiger partial charge on any atom is 0.119 e. The standard InChI is InChI=1S/C16H20N4O2/c17-10-14-2-4-16(5-3-14)22-12-15(21)11-18-6-1-8-20-9-7-19-13-20/h2-5,7,9,13,15,18,21H,1,6,8,11-12H2/t15-/m1/s1. The normalized spacial score (nSPS) is 11.8. The van der Waals surface area contributed by atoms with Crippen LogP contribution in [0.25, 0.3) is 0 Å². The molecule has 0 spiro atoms. The summed E-state index contributed by atoms with van der Waals surface area (Å²) in [5.41, 5.74) is 0.590. The number of aryl methyl sites for hydroxylation is 1. The second-order valence-corrected chi connectivity index (χ2v) is 4.96. The summed E-state index contributed by atoms with van der Waals surface area (Å²) in [4.78, 5) is 3.98. The van der Waals surface area contributed by atoms with Crippen molar-refractivity contribution in [2.24, 2.45) is 0 Å². The Balaban J connectivity index is 1.55. The van der Waals surface area contributed by atoms with Crippen LogP contribution in [0.3, 0.4) is 0 Å². The third-order valence-electron chi connectivity index (χ3n) is 3.13. The molecule has 1 atom stereocenters. The summed E-state index contributed by atoms with van der Waals surface area (Å²) in [6.07, 6.45) is 5.89. The van der Waals surface area contributed by atoms with E-state index in [0.29, 0.717) is 17.9 Å². The Morgan fingerprint density at radius 3 is 2.86 bits per heavy atom. The zero-order chi connectivity index (χ0) is 15.6. The molecule has 22 heavy (non-hydrogen) atoms. The van der Waals surface area contributed by atoms with Crippen molar-refractivity contribution in [2.45, 2.75) is 19.1 Å². The fourth-order valence-corrected chi connectivity index (χ4v) is 1.95. The van der Waals surface area contributed by atoms with Crippen molar-refractivity contribution in [3.05, 3.63) is 48.5 Å². The molecule has 0 radical (unpaired) electrons. The highest BCUT2D eigenvalue weighted by Gasteiger charge is 2.04. The van der Waals surface area contributed by atoms with E-state index in [1.807, 2.05) is 16.8 Å². The molecular weight excluding hydrogens is 280 g/mol. The van der Waals surface area contributed by atoms with Crippen LogP contribution in [-0.2, 0) is 6.54 Å². The molecule has 1 aromatic carbocycles. The largest absolute Gasteiger partial charge is 0.491 e. The molecule has 6 nitrogen and oxygen atoms in total. The first-order valence-corrected chi connectivity index (χ1v) is 7.25. The molecular formula is C16H20N4O2. The SMILES string of the molecule is N#Cc1ccc(OC[C@H](O)CNCCCn2ccnc2)cc1. The Labute approximate surface area is 130 Å². The molecule has 0 fully saturated rings. The van der Waals surface area contributed by atoms with Gasteiger partial charge in [0.1, 0.15) is 18.5 Å². The number of hydrogen-bond donors (Lipinski definition) is 2. The van der Waals surface area contributed by atoms with Crippen molar-refractivity contribution >= 4 is 0 Å². The van der Waals surface area contributed by atoms with E-state index >= 15 is 0 Å². The summed E-state index contributed by atoms with van der Waals surface area (Å²) >= 11 is 0. The molecule has 2 rings (SSSR count). The zero-order valence-corrected chi connectivity index (χ0v) is 12.4. The van der Waals surface area contributed by atoms with Crippen LogP contribution in [0.4, 0.5) is 0 Å². The predicted octanol–water partition coefficient (Wildman–Crippen LogP) is 1.17. The van der Waals surface area contributed by atoms with E-state index in [1.54, 1.807) is 36.8 Å². The number of aliphatic hydroxyl groups is 1. The van der Waals surface area contributed by atoms with Gasteiger partial charge in [-0.3, -0.25) is 0 Å². The van der Waals surface area contributed by atoms with Gasteiger partial charge in [-0.1, -0.05) is 0 Å². The van der Waals surface area contributed by atoms with E-state index in [0.717, 1.165) is 19.5 Å². The Hall–Kier alpha value is -2.36. The number of hydrogen-bond acceptors (Lipinski definition) is 5. The molecule has 6 heteroatoms. The lowest BCUT2D eigenvalue weighted by Gasteiger charge is -2.13. The van der Waals surface area contributed by atoms with Gasteiger partial charge in [0.05, 0.1) is 18.0 Å². The first-order valence-electron chi connectivity index (χ1n) is 7.25. The summed E-state index contributed by atoms with van der Waals surface area (Å²) in [6.45, 7) is 2.44. The summed E-state index contributed by atoms with van der Waals surface area (Å²) in [7, 11) is 0. The maximum atomic E-state index is 9.84. The fourth-order valence-electron chi connectivity index (χ4n) is 1.95. The van der Waals surface area contributed by atoms with E-state index in [1.165, 1.54) is 0 Å². The lowest BCUT2D eigenvalue weighted by Crippen LogP contribution is -2.32. The van der Waals surface area contributed by atoms with Gasteiger partial charge in [0.15, 0.2) is 0 Å². The number of aromatic nitrogens is 2. The van der Waals surface area contributed by atoms with Crippen LogP contribution in [0.5, 0.6) is 5.75 Å². The number of nitriles is 1. The molecule has 0 amide bonds. The molecule has 0 aliphatic rings. The Morgan fingerprint density at radius 1 is 1.36 bits per heavy atom. The number of rotatable bonds is 9. The van der Waals surface area contributed by atoms with E-state index in [2.05, 4.69) is 10.3 Å². The minimum atomic E-state index is -0.566. The first-order chi connectivity index (χ1) is 10.8. The molecule has 1 aromatic heterocycles. The average Bonchev–Trinajstić information content (AvgIpc) is 3.06. The minimum absolute atomic E-state index is 0.223. The van der Waals surface area contributed by atoms with Crippen molar-refractivity contribution in [1.29, 1.82) is 5.26 Å². The molecule has 2 N–H and O–H groups in total. The van der Waals surface area contributed by atoms with Crippen molar-refractivity contribution in [3.8, 4) is 11.8 Å². The van der Waals surface area contributed by atoms with Gasteiger partial charge in [0.25, 0.3) is 0 Å². The van der Waals surface area contributed by atoms with E-state index in [4.69, 9.17) is 10.00 Å². The highest BCUT2D eigenvalue weighted by molar-refractivity contribution is 5.34. The van der Waals surface area contributed by atoms with Gasteiger partial charge >= 0.3 is 0 Å². The number of imidazole rings is 1. The van der Waals surface area contributed by atoms with Gasteiger partial charge in [0, 0.05) is 25.5 Å². The van der Waals surface area contributed by atoms with Crippen molar-refractivity contribution in [3.63, 3.8) is 0 Å². The van der Waals surface area contributed by atoms with Gasteiger partial charge in [-0.25, -0.2) is 4.98 Å². The van der Waals surface area contributed by atoms with Crippen LogP contribution in [0.2, 0.25) is 0 Å². The van der Waals surface area contributed by atoms with E-state index in [9.17, 15) is 5.11 Å². The van der Waals surface area contributed by atoms with Crippen LogP contribution in [0, 0.1) is 11.3 Å². The van der Waals surface area contributed by atoms with E-state index < -0.39 is 6.10 Å². The van der Waals surface area contributed by atoms with Crippen LogP contribution >= 0.6 is 0 Å². The highest BCUT2D eigenvalue weighted by atomic mass is 16.5. The van der Waals surface area contributed by atoms with Gasteiger partial charge in [0.2, 0.25) is 0 Å². The summed E-state index contributed by atoms with van der Waals surface area (Å²) in [5.74, 6) is 0.651. The topological polar surface area (TPSA) is 83.1 Å². The monoisotopic (exact) mass is 300 g/mol. The van der Waals surface area contributed by atoms with Gasteiger partial charge in [-0.15, -0.1) is 0 Å². The van der Waals surface area contributed by atoms with Gasteiger partial charge < -0.3 is 19.7 Å². The number of ether oxygens (including phenoxy) is 1. The number of benzene rings is 1. The third kappa shape index (κ3) is 5.56. The number of nitrogens with one attached hydrogen (secondary N) is 1. The average molecular weight is 300 g/mol. The molecule has 0 saturated heterocycles. The summed E-state index contributed by atoms with van der Waals surface area (Å²) in [6, 6.07) is 8.88. The second-order valence-electron chi connectivity index (χ2n) is 4.96. The van der Waals surface area contributed by atoms with Crippen molar-refractivity contribution in [2.75, 3.05) is 19.7 Å². The van der Waals surface area contributed by atoms with E-state index in [-0.39, 0.29) is 6.61 Å². The van der Waals surface area contributed by atoms with Crippen molar-refractivity contribution < 1.29 is 9.84 Å². The van der Waals surface area contributed by atoms with Gasteiger partial charge in [-0.2, -0.15) is 5.26 Å². The zero-order valence-electron chi connectivity index (χ0n) is 12.4. The molecule has 0 unspecified atom stereocenters. The molecule has 0 saturated carbocycles. The highest BCUT2D eigenvalue weighted by Crippen LogP contribution is 2.11. The lowest BCUT2D eigenvalue weighted by molar-refractivity contribution is 0.106. The Morgan fingerprint density at radius 2 is 2.18 bits per heavy atom. The fraction of sp³-hybridized carbons (Fsp3) is 0.375. The number of aliphatic hydroxyl groups excluding tert-OH is 1. The third-order valence-corrected chi connectivity index (χ3v) is 3.13. The molecule has 0 bridgehead atoms. The molecule has 116 valence electrons. The predicted molar refractivity (Wildman–Crippen MR) is 82.4 cm³/mol. The van der Waals surface area contributed by atoms with Crippen LogP contribution in [0.15, 0.2) is 43.0 Å². The smallest absolute Gasteiger partial charge is 0.119 e. The molecule has 1 heterocycles. The van der Waals surface area contributed by atoms with Crippen LogP contribution in [-0.4, -0.2) is 40.5 Å². The minimum Gasteiger partial charge on any atom is -0.491 e. The molecule has 0 aliphatic heterocycles. The van der Waals surface area contributed by atoms with Crippen molar-refractivity contribution in [1.82, 2.24) is 14.9 Å².